The molecule has 0 spiro atoms. The third-order valence-corrected chi connectivity index (χ3v) is 2.24. The lowest BCUT2D eigenvalue weighted by molar-refractivity contribution is -0.133. The fraction of sp³-hybridized carbons (Fsp3) is 1.00. The van der Waals surface area contributed by atoms with Gasteiger partial charge < -0.3 is 5.32 Å². The molecule has 1 aliphatic rings. The van der Waals surface area contributed by atoms with Crippen molar-refractivity contribution in [2.24, 2.45) is 5.92 Å². The number of alkyl halides is 3. The van der Waals surface area contributed by atoms with Gasteiger partial charge in [0.15, 0.2) is 0 Å². The number of rotatable bonds is 4. The molecular weight excluding hydrogens is 167 g/mol. The van der Waals surface area contributed by atoms with Crippen LogP contribution in [0.15, 0.2) is 0 Å². The van der Waals surface area contributed by atoms with Gasteiger partial charge in [-0.25, -0.2) is 0 Å². The summed E-state index contributed by atoms with van der Waals surface area (Å²) in [7, 11) is 0. The quantitative estimate of drug-likeness (QED) is 0.656. The van der Waals surface area contributed by atoms with Crippen LogP contribution in [-0.4, -0.2) is 19.3 Å². The molecule has 1 N–H and O–H groups in total. The molecule has 0 atom stereocenters. The van der Waals surface area contributed by atoms with Gasteiger partial charge in [0.2, 0.25) is 0 Å². The highest BCUT2D eigenvalue weighted by atomic mass is 19.4. The van der Waals surface area contributed by atoms with E-state index in [4.69, 9.17) is 0 Å². The maximum Gasteiger partial charge on any atom is 0.390 e. The van der Waals surface area contributed by atoms with Crippen LogP contribution in [0.4, 0.5) is 13.2 Å². The average Bonchev–Trinajstić information content (AvgIpc) is 1.80. The Bertz CT molecular complexity index is 129. The molecule has 0 bridgehead atoms. The van der Waals surface area contributed by atoms with Crippen molar-refractivity contribution in [2.75, 3.05) is 13.1 Å². The molecule has 1 aliphatic carbocycles. The van der Waals surface area contributed by atoms with Crippen molar-refractivity contribution in [1.29, 1.82) is 0 Å². The standard InChI is InChI=1S/C8H14F3N/c9-8(10,11)4-5-12-6-7-2-1-3-7/h7,12H,1-6H2. The van der Waals surface area contributed by atoms with Gasteiger partial charge in [0.1, 0.15) is 0 Å². The largest absolute Gasteiger partial charge is 0.390 e. The lowest BCUT2D eigenvalue weighted by Gasteiger charge is -2.25. The Kier molecular flexibility index (Phi) is 3.38. The SMILES string of the molecule is FC(F)(F)CCNCC1CCC1. The van der Waals surface area contributed by atoms with Gasteiger partial charge in [0.25, 0.3) is 0 Å². The number of halogens is 3. The summed E-state index contributed by atoms with van der Waals surface area (Å²) < 4.78 is 34.9. The Hall–Kier alpha value is -0.250. The molecule has 12 heavy (non-hydrogen) atoms. The van der Waals surface area contributed by atoms with Crippen molar-refractivity contribution in [3.05, 3.63) is 0 Å². The van der Waals surface area contributed by atoms with E-state index in [-0.39, 0.29) is 6.54 Å². The number of nitrogens with one attached hydrogen (secondary N) is 1. The van der Waals surface area contributed by atoms with Gasteiger partial charge >= 0.3 is 6.18 Å². The maximum atomic E-state index is 11.6. The minimum atomic E-state index is -4.01. The minimum absolute atomic E-state index is 0.0694. The van der Waals surface area contributed by atoms with Gasteiger partial charge in [-0.1, -0.05) is 6.42 Å². The lowest BCUT2D eigenvalue weighted by atomic mass is 9.85. The van der Waals surface area contributed by atoms with E-state index >= 15 is 0 Å². The Labute approximate surface area is 70.3 Å². The summed E-state index contributed by atoms with van der Waals surface area (Å²) in [4.78, 5) is 0. The van der Waals surface area contributed by atoms with Crippen molar-refractivity contribution in [3.63, 3.8) is 0 Å². The molecule has 0 amide bonds. The normalized spacial score (nSPS) is 19.2. The minimum Gasteiger partial charge on any atom is -0.316 e. The first-order chi connectivity index (χ1) is 5.58. The molecule has 0 heterocycles. The van der Waals surface area contributed by atoms with Gasteiger partial charge in [-0.3, -0.25) is 0 Å². The molecule has 1 nitrogen and oxygen atoms in total. The second-order valence-electron chi connectivity index (χ2n) is 3.37. The molecule has 0 aliphatic heterocycles. The first-order valence-electron chi connectivity index (χ1n) is 4.35. The summed E-state index contributed by atoms with van der Waals surface area (Å²) in [6, 6.07) is 0. The number of hydrogen-bond donors (Lipinski definition) is 1. The van der Waals surface area contributed by atoms with Crippen molar-refractivity contribution in [3.8, 4) is 0 Å². The van der Waals surface area contributed by atoms with Crippen LogP contribution in [0.5, 0.6) is 0 Å². The van der Waals surface area contributed by atoms with Crippen molar-refractivity contribution >= 4 is 0 Å². The van der Waals surface area contributed by atoms with E-state index in [1.54, 1.807) is 0 Å². The highest BCUT2D eigenvalue weighted by Gasteiger charge is 2.26. The van der Waals surface area contributed by atoms with Gasteiger partial charge in [-0.15, -0.1) is 0 Å². The van der Waals surface area contributed by atoms with Gasteiger partial charge in [-0.05, 0) is 25.3 Å². The predicted octanol–water partition coefficient (Wildman–Crippen LogP) is 2.33. The van der Waals surface area contributed by atoms with Crippen LogP contribution in [0, 0.1) is 5.92 Å². The molecule has 1 saturated carbocycles. The molecule has 1 rings (SSSR count). The van der Waals surface area contributed by atoms with E-state index in [1.165, 1.54) is 19.3 Å². The van der Waals surface area contributed by atoms with E-state index in [1.807, 2.05) is 0 Å². The summed E-state index contributed by atoms with van der Waals surface area (Å²) in [5, 5.41) is 2.82. The molecule has 72 valence electrons. The summed E-state index contributed by atoms with van der Waals surface area (Å²) in [6.07, 6.45) is -1.12. The molecule has 1 fully saturated rings. The van der Waals surface area contributed by atoms with Gasteiger partial charge in [-0.2, -0.15) is 13.2 Å². The fourth-order valence-electron chi connectivity index (χ4n) is 1.23. The highest BCUT2D eigenvalue weighted by molar-refractivity contribution is 4.71. The smallest absolute Gasteiger partial charge is 0.316 e. The second-order valence-corrected chi connectivity index (χ2v) is 3.37. The fourth-order valence-corrected chi connectivity index (χ4v) is 1.23. The van der Waals surface area contributed by atoms with Crippen LogP contribution >= 0.6 is 0 Å². The first kappa shape index (κ1) is 9.84. The molecule has 0 aromatic heterocycles. The third kappa shape index (κ3) is 3.95. The van der Waals surface area contributed by atoms with Gasteiger partial charge in [0, 0.05) is 6.54 Å². The lowest BCUT2D eigenvalue weighted by Crippen LogP contribution is -2.30. The van der Waals surface area contributed by atoms with E-state index in [0.29, 0.717) is 5.92 Å². The Morgan fingerprint density at radius 2 is 1.92 bits per heavy atom. The average molecular weight is 181 g/mol. The molecule has 0 saturated heterocycles. The molecule has 0 radical (unpaired) electrons. The van der Waals surface area contributed by atoms with Crippen LogP contribution in [0.1, 0.15) is 25.7 Å². The van der Waals surface area contributed by atoms with E-state index in [2.05, 4.69) is 5.32 Å². The molecular formula is C8H14F3N. The van der Waals surface area contributed by atoms with E-state index in [0.717, 1.165) is 6.54 Å². The predicted molar refractivity (Wildman–Crippen MR) is 40.9 cm³/mol. The molecule has 4 heteroatoms. The van der Waals surface area contributed by atoms with Crippen LogP contribution in [-0.2, 0) is 0 Å². The molecule has 0 aromatic carbocycles. The second kappa shape index (κ2) is 4.12. The Balaban J connectivity index is 1.88. The Morgan fingerprint density at radius 3 is 2.33 bits per heavy atom. The highest BCUT2D eigenvalue weighted by Crippen LogP contribution is 2.25. The zero-order valence-corrected chi connectivity index (χ0v) is 6.95. The number of hydrogen-bond acceptors (Lipinski definition) is 1. The van der Waals surface area contributed by atoms with E-state index < -0.39 is 12.6 Å². The van der Waals surface area contributed by atoms with Gasteiger partial charge in [0.05, 0.1) is 6.42 Å². The Morgan fingerprint density at radius 1 is 1.25 bits per heavy atom. The zero-order valence-electron chi connectivity index (χ0n) is 6.95. The summed E-state index contributed by atoms with van der Waals surface area (Å²) >= 11 is 0. The van der Waals surface area contributed by atoms with Crippen LogP contribution in [0.2, 0.25) is 0 Å². The summed E-state index contributed by atoms with van der Waals surface area (Å²) in [5.41, 5.74) is 0. The van der Waals surface area contributed by atoms with Crippen molar-refractivity contribution < 1.29 is 13.2 Å². The first-order valence-corrected chi connectivity index (χ1v) is 4.35. The molecule has 0 aromatic rings. The van der Waals surface area contributed by atoms with Crippen molar-refractivity contribution in [1.82, 2.24) is 5.32 Å². The summed E-state index contributed by atoms with van der Waals surface area (Å²) in [5.74, 6) is 0.637. The third-order valence-electron chi connectivity index (χ3n) is 2.24. The zero-order chi connectivity index (χ0) is 9.03. The van der Waals surface area contributed by atoms with Crippen LogP contribution in [0.3, 0.4) is 0 Å². The maximum absolute atomic E-state index is 11.6. The topological polar surface area (TPSA) is 12.0 Å². The summed E-state index contributed by atoms with van der Waals surface area (Å²) in [6.45, 7) is 0.829. The molecule has 0 unspecified atom stereocenters. The van der Waals surface area contributed by atoms with E-state index in [9.17, 15) is 13.2 Å². The monoisotopic (exact) mass is 181 g/mol. The van der Waals surface area contributed by atoms with Crippen LogP contribution < -0.4 is 5.32 Å². The van der Waals surface area contributed by atoms with Crippen molar-refractivity contribution in [2.45, 2.75) is 31.9 Å². The van der Waals surface area contributed by atoms with Crippen LogP contribution in [0.25, 0.3) is 0 Å².